The van der Waals surface area contributed by atoms with Gasteiger partial charge in [-0.1, -0.05) is 30.3 Å². The first-order chi connectivity index (χ1) is 8.53. The molecule has 0 saturated carbocycles. The molecule has 100 valence electrons. The largest absolute Gasteiger partial charge is 0.370 e. The highest BCUT2D eigenvalue weighted by molar-refractivity contribution is 7.88. The number of aliphatic imine (C=N–C) groups is 1. The molecule has 6 nitrogen and oxygen atoms in total. The Morgan fingerprint density at radius 3 is 2.56 bits per heavy atom. The Labute approximate surface area is 107 Å². The number of nitrogens with zero attached hydrogens (tertiary/aromatic N) is 1. The first-order valence-corrected chi connectivity index (χ1v) is 7.16. The van der Waals surface area contributed by atoms with Crippen molar-refractivity contribution in [3.8, 4) is 0 Å². The van der Waals surface area contributed by atoms with E-state index < -0.39 is 10.0 Å². The van der Waals surface area contributed by atoms with E-state index in [1.807, 2.05) is 18.2 Å². The summed E-state index contributed by atoms with van der Waals surface area (Å²) < 4.78 is 25.9. The van der Waals surface area contributed by atoms with Gasteiger partial charge >= 0.3 is 0 Å². The summed E-state index contributed by atoms with van der Waals surface area (Å²) in [6, 6.07) is 9.02. The van der Waals surface area contributed by atoms with Crippen LogP contribution in [0, 0.1) is 0 Å². The minimum Gasteiger partial charge on any atom is -0.370 e. The third kappa shape index (κ3) is 5.65. The van der Waals surface area contributed by atoms with Crippen LogP contribution in [0.2, 0.25) is 0 Å². The van der Waals surface area contributed by atoms with Crippen LogP contribution in [0.25, 0.3) is 0 Å². The van der Waals surface area contributed by atoms with Gasteiger partial charge in [-0.2, -0.15) is 0 Å². The minimum atomic E-state index is -3.31. The summed E-state index contributed by atoms with van der Waals surface area (Å²) in [6.45, 7) is 0.669. The summed E-state index contributed by atoms with van der Waals surface area (Å²) in [6.07, 6.45) is 0. The lowest BCUT2D eigenvalue weighted by Gasteiger charge is -2.08. The molecule has 18 heavy (non-hydrogen) atoms. The van der Waals surface area contributed by atoms with E-state index in [4.69, 9.17) is 5.73 Å². The van der Waals surface area contributed by atoms with E-state index in [0.29, 0.717) is 6.54 Å². The topological polar surface area (TPSA) is 96.6 Å². The second-order valence-corrected chi connectivity index (χ2v) is 5.48. The smallest absolute Gasteiger partial charge is 0.215 e. The SMILES string of the molecule is CN=C(N)NCCNS(=O)(=O)Cc1ccccc1. The maximum atomic E-state index is 11.7. The number of guanidine groups is 1. The fourth-order valence-corrected chi connectivity index (χ4v) is 2.47. The molecule has 0 aliphatic carbocycles. The molecule has 4 N–H and O–H groups in total. The molecule has 0 aliphatic rings. The van der Waals surface area contributed by atoms with Crippen LogP contribution < -0.4 is 15.8 Å². The van der Waals surface area contributed by atoms with E-state index in [2.05, 4.69) is 15.0 Å². The van der Waals surface area contributed by atoms with Crippen molar-refractivity contribution in [3.05, 3.63) is 35.9 Å². The lowest BCUT2D eigenvalue weighted by Crippen LogP contribution is -2.38. The van der Waals surface area contributed by atoms with Gasteiger partial charge in [-0.05, 0) is 5.56 Å². The summed E-state index contributed by atoms with van der Waals surface area (Å²) in [5.74, 6) is 0.266. The van der Waals surface area contributed by atoms with Gasteiger partial charge in [0.1, 0.15) is 0 Å². The normalized spacial score (nSPS) is 12.4. The van der Waals surface area contributed by atoms with Crippen molar-refractivity contribution in [1.82, 2.24) is 10.0 Å². The molecule has 1 aromatic carbocycles. The molecule has 0 amide bonds. The number of sulfonamides is 1. The van der Waals surface area contributed by atoms with Gasteiger partial charge in [0.05, 0.1) is 5.75 Å². The average molecular weight is 270 g/mol. The van der Waals surface area contributed by atoms with Crippen LogP contribution in [0.15, 0.2) is 35.3 Å². The summed E-state index contributed by atoms with van der Waals surface area (Å²) in [5.41, 5.74) is 6.17. The lowest BCUT2D eigenvalue weighted by molar-refractivity contribution is 0.580. The van der Waals surface area contributed by atoms with Gasteiger partial charge in [0.2, 0.25) is 10.0 Å². The van der Waals surface area contributed by atoms with Crippen molar-refractivity contribution in [2.24, 2.45) is 10.7 Å². The Bertz CT molecular complexity index is 485. The monoisotopic (exact) mass is 270 g/mol. The number of nitrogens with two attached hydrogens (primary N) is 1. The molecule has 0 atom stereocenters. The first kappa shape index (κ1) is 14.5. The third-order valence-electron chi connectivity index (χ3n) is 2.19. The first-order valence-electron chi connectivity index (χ1n) is 5.51. The van der Waals surface area contributed by atoms with E-state index >= 15 is 0 Å². The van der Waals surface area contributed by atoms with E-state index in [1.54, 1.807) is 19.2 Å². The second-order valence-electron chi connectivity index (χ2n) is 3.67. The van der Waals surface area contributed by atoms with Crippen molar-refractivity contribution in [3.63, 3.8) is 0 Å². The molecule has 0 fully saturated rings. The molecule has 0 heterocycles. The number of hydrogen-bond donors (Lipinski definition) is 3. The molecule has 0 aliphatic heterocycles. The predicted molar refractivity (Wildman–Crippen MR) is 72.6 cm³/mol. The molecule has 7 heteroatoms. The van der Waals surface area contributed by atoms with Crippen LogP contribution in [-0.2, 0) is 15.8 Å². The van der Waals surface area contributed by atoms with E-state index in [0.717, 1.165) is 5.56 Å². The van der Waals surface area contributed by atoms with Gasteiger partial charge in [0, 0.05) is 20.1 Å². The van der Waals surface area contributed by atoms with Crippen LogP contribution in [0.5, 0.6) is 0 Å². The van der Waals surface area contributed by atoms with Crippen LogP contribution >= 0.6 is 0 Å². The van der Waals surface area contributed by atoms with Gasteiger partial charge in [0.15, 0.2) is 5.96 Å². The highest BCUT2D eigenvalue weighted by Gasteiger charge is 2.10. The Morgan fingerprint density at radius 2 is 1.94 bits per heavy atom. The Morgan fingerprint density at radius 1 is 1.28 bits per heavy atom. The molecule has 0 bridgehead atoms. The van der Waals surface area contributed by atoms with Crippen molar-refractivity contribution in [1.29, 1.82) is 0 Å². The number of benzene rings is 1. The van der Waals surface area contributed by atoms with Crippen molar-refractivity contribution in [2.75, 3.05) is 20.1 Å². The van der Waals surface area contributed by atoms with E-state index in [1.165, 1.54) is 0 Å². The van der Waals surface area contributed by atoms with Crippen LogP contribution in [0.3, 0.4) is 0 Å². The molecular formula is C11H18N4O2S. The zero-order valence-corrected chi connectivity index (χ0v) is 11.1. The fraction of sp³-hybridized carbons (Fsp3) is 0.364. The molecule has 0 saturated heterocycles. The maximum absolute atomic E-state index is 11.7. The minimum absolute atomic E-state index is 0.0226. The molecular weight excluding hydrogens is 252 g/mol. The quantitative estimate of drug-likeness (QED) is 0.373. The fourth-order valence-electron chi connectivity index (χ4n) is 1.32. The van der Waals surface area contributed by atoms with Gasteiger partial charge in [-0.25, -0.2) is 13.1 Å². The highest BCUT2D eigenvalue weighted by Crippen LogP contribution is 2.03. The Hall–Kier alpha value is -1.60. The van der Waals surface area contributed by atoms with Crippen LogP contribution in [0.4, 0.5) is 0 Å². The number of rotatable bonds is 6. The van der Waals surface area contributed by atoms with E-state index in [9.17, 15) is 8.42 Å². The number of hydrogen-bond acceptors (Lipinski definition) is 3. The van der Waals surface area contributed by atoms with Gasteiger partial charge in [-0.15, -0.1) is 0 Å². The predicted octanol–water partition coefficient (Wildman–Crippen LogP) is -0.360. The standard InChI is InChI=1S/C11H18N4O2S/c1-13-11(12)14-7-8-15-18(16,17)9-10-5-3-2-4-6-10/h2-6,15H,7-9H2,1H3,(H3,12,13,14). The zero-order valence-electron chi connectivity index (χ0n) is 10.3. The van der Waals surface area contributed by atoms with Gasteiger partial charge < -0.3 is 11.1 Å². The van der Waals surface area contributed by atoms with Crippen LogP contribution in [-0.4, -0.2) is 34.5 Å². The maximum Gasteiger partial charge on any atom is 0.215 e. The van der Waals surface area contributed by atoms with Crippen LogP contribution in [0.1, 0.15) is 5.56 Å². The number of nitrogens with one attached hydrogen (secondary N) is 2. The third-order valence-corrected chi connectivity index (χ3v) is 3.55. The van der Waals surface area contributed by atoms with Gasteiger partial charge in [0.25, 0.3) is 0 Å². The Balaban J connectivity index is 2.37. The molecule has 0 aromatic heterocycles. The molecule has 0 radical (unpaired) electrons. The molecule has 1 aromatic rings. The average Bonchev–Trinajstić information content (AvgIpc) is 2.35. The summed E-state index contributed by atoms with van der Waals surface area (Å²) in [7, 11) is -1.75. The lowest BCUT2D eigenvalue weighted by atomic mass is 10.2. The van der Waals surface area contributed by atoms with Crippen molar-refractivity contribution >= 4 is 16.0 Å². The van der Waals surface area contributed by atoms with Crippen molar-refractivity contribution < 1.29 is 8.42 Å². The second kappa shape index (κ2) is 6.97. The zero-order chi connectivity index (χ0) is 13.4. The molecule has 0 spiro atoms. The van der Waals surface area contributed by atoms with Gasteiger partial charge in [-0.3, -0.25) is 4.99 Å². The van der Waals surface area contributed by atoms with Crippen molar-refractivity contribution in [2.45, 2.75) is 5.75 Å². The molecule has 1 rings (SSSR count). The highest BCUT2D eigenvalue weighted by atomic mass is 32.2. The molecule has 0 unspecified atom stereocenters. The Kier molecular flexibility index (Phi) is 5.60. The van der Waals surface area contributed by atoms with E-state index in [-0.39, 0.29) is 18.3 Å². The summed E-state index contributed by atoms with van der Waals surface area (Å²) >= 11 is 0. The summed E-state index contributed by atoms with van der Waals surface area (Å²) in [4.78, 5) is 3.70. The summed E-state index contributed by atoms with van der Waals surface area (Å²) in [5, 5.41) is 2.77.